The molecule has 0 unspecified atom stereocenters. The lowest BCUT2D eigenvalue weighted by Gasteiger charge is -2.28. The van der Waals surface area contributed by atoms with Gasteiger partial charge in [0.2, 0.25) is 0 Å². The minimum absolute atomic E-state index is 0.0585. The number of ether oxygens (including phenoxy) is 1. The summed E-state index contributed by atoms with van der Waals surface area (Å²) in [6.07, 6.45) is 0.516. The highest BCUT2D eigenvalue weighted by atomic mass is 16.5. The Hall–Kier alpha value is -2.02. The number of carbonyl (C=O) groups is 2. The van der Waals surface area contributed by atoms with Crippen LogP contribution in [0.2, 0.25) is 5.82 Å². The lowest BCUT2D eigenvalue weighted by Crippen LogP contribution is -2.35. The fourth-order valence-electron chi connectivity index (χ4n) is 2.47. The van der Waals surface area contributed by atoms with Gasteiger partial charge in [-0.3, -0.25) is 0 Å². The number of fused-ring (bicyclic) bond motifs is 1. The summed E-state index contributed by atoms with van der Waals surface area (Å²) in [6.45, 7) is 3.30. The van der Waals surface area contributed by atoms with Crippen LogP contribution in [-0.2, 0) is 16.0 Å². The number of aromatic hydroxyl groups is 1. The highest BCUT2D eigenvalue weighted by Gasteiger charge is 2.37. The first-order valence-corrected chi connectivity index (χ1v) is 6.79. The summed E-state index contributed by atoms with van der Waals surface area (Å²) in [5.41, 5.74) is 0.654. The number of esters is 1. The van der Waals surface area contributed by atoms with Crippen LogP contribution in [0.25, 0.3) is 0 Å². The van der Waals surface area contributed by atoms with Crippen molar-refractivity contribution in [1.29, 1.82) is 0 Å². The quantitative estimate of drug-likeness (QED) is 0.642. The summed E-state index contributed by atoms with van der Waals surface area (Å²) in [7, 11) is -1.17. The van der Waals surface area contributed by atoms with E-state index in [1.54, 1.807) is 6.92 Å². The third kappa shape index (κ3) is 3.36. The molecule has 0 fully saturated rings. The van der Waals surface area contributed by atoms with E-state index in [2.05, 4.69) is 0 Å². The van der Waals surface area contributed by atoms with Crippen molar-refractivity contribution >= 4 is 18.9 Å². The highest BCUT2D eigenvalue weighted by molar-refractivity contribution is 6.47. The Morgan fingerprint density at radius 3 is 2.81 bits per heavy atom. The van der Waals surface area contributed by atoms with E-state index >= 15 is 0 Å². The van der Waals surface area contributed by atoms with Crippen LogP contribution < -0.4 is 4.65 Å². The molecule has 1 aliphatic heterocycles. The first-order valence-electron chi connectivity index (χ1n) is 6.79. The molecule has 0 saturated heterocycles. The Kier molecular flexibility index (Phi) is 4.52. The van der Waals surface area contributed by atoms with Gasteiger partial charge in [-0.05, 0) is 38.0 Å². The molecular weight excluding hydrogens is 275 g/mol. The number of phenolic OH excluding ortho intramolecular Hbond substituents is 1. The van der Waals surface area contributed by atoms with Gasteiger partial charge in [0, 0.05) is 12.2 Å². The maximum Gasteiger partial charge on any atom is 0.526 e. The van der Waals surface area contributed by atoms with Gasteiger partial charge in [0.1, 0.15) is 22.8 Å². The van der Waals surface area contributed by atoms with E-state index in [-0.39, 0.29) is 35.9 Å². The molecule has 21 heavy (non-hydrogen) atoms. The van der Waals surface area contributed by atoms with Gasteiger partial charge in [-0.15, -0.1) is 0 Å². The number of ketones is 1. The minimum Gasteiger partial charge on any atom is -0.535 e. The molecule has 1 aromatic rings. The van der Waals surface area contributed by atoms with Crippen LogP contribution >= 0.6 is 0 Å². The molecule has 0 radical (unpaired) electrons. The predicted molar refractivity (Wildman–Crippen MR) is 75.4 cm³/mol. The maximum atomic E-state index is 11.9. The summed E-state index contributed by atoms with van der Waals surface area (Å²) < 4.78 is 10.3. The molecule has 0 amide bonds. The van der Waals surface area contributed by atoms with Gasteiger partial charge in [0.15, 0.2) is 0 Å². The second kappa shape index (κ2) is 6.18. The van der Waals surface area contributed by atoms with E-state index in [0.29, 0.717) is 12.0 Å². The van der Waals surface area contributed by atoms with Gasteiger partial charge in [-0.2, -0.15) is 0 Å². The zero-order valence-electron chi connectivity index (χ0n) is 12.0. The largest absolute Gasteiger partial charge is 0.535 e. The lowest BCUT2D eigenvalue weighted by atomic mass is 9.64. The molecule has 1 aliphatic rings. The average molecular weight is 292 g/mol. The molecule has 6 nitrogen and oxygen atoms in total. The summed E-state index contributed by atoms with van der Waals surface area (Å²) in [4.78, 5) is 23.1. The van der Waals surface area contributed by atoms with Gasteiger partial charge >= 0.3 is 13.1 Å². The van der Waals surface area contributed by atoms with Crippen LogP contribution in [0.4, 0.5) is 0 Å². The Bertz CT molecular complexity index is 571. The smallest absolute Gasteiger partial charge is 0.526 e. The molecule has 2 rings (SSSR count). The van der Waals surface area contributed by atoms with Crippen molar-refractivity contribution < 1.29 is 29.1 Å². The number of phenols is 1. The molecule has 0 aromatic heterocycles. The second-order valence-corrected chi connectivity index (χ2v) is 5.08. The first kappa shape index (κ1) is 15.4. The van der Waals surface area contributed by atoms with Crippen molar-refractivity contribution in [1.82, 2.24) is 0 Å². The molecule has 7 heteroatoms. The van der Waals surface area contributed by atoms with Gasteiger partial charge in [0.05, 0.1) is 6.61 Å². The van der Waals surface area contributed by atoms with Crippen LogP contribution in [0.3, 0.4) is 0 Å². The molecule has 2 N–H and O–H groups in total. The molecule has 0 bridgehead atoms. The van der Waals surface area contributed by atoms with E-state index in [4.69, 9.17) is 9.39 Å². The normalized spacial score (nSPS) is 16.9. The van der Waals surface area contributed by atoms with Crippen molar-refractivity contribution in [2.75, 3.05) is 6.61 Å². The van der Waals surface area contributed by atoms with Crippen LogP contribution in [0.5, 0.6) is 11.5 Å². The number of Topliss-reactive ketones (excluding diaryl/α,β-unsaturated/α-hetero) is 1. The van der Waals surface area contributed by atoms with Crippen LogP contribution in [0, 0.1) is 0 Å². The fourth-order valence-corrected chi connectivity index (χ4v) is 2.47. The fraction of sp³-hybridized carbons (Fsp3) is 0.429. The third-order valence-electron chi connectivity index (χ3n) is 3.32. The summed E-state index contributed by atoms with van der Waals surface area (Å²) in [6, 6.07) is 2.71. The number of rotatable bonds is 4. The minimum atomic E-state index is -1.17. The topological polar surface area (TPSA) is 93.1 Å². The Labute approximate surface area is 122 Å². The van der Waals surface area contributed by atoms with Gasteiger partial charge in [-0.1, -0.05) is 0 Å². The van der Waals surface area contributed by atoms with E-state index in [1.807, 2.05) is 0 Å². The number of benzene rings is 1. The summed E-state index contributed by atoms with van der Waals surface area (Å²) in [5.74, 6) is -0.956. The van der Waals surface area contributed by atoms with Crippen molar-refractivity contribution in [2.24, 2.45) is 0 Å². The van der Waals surface area contributed by atoms with Crippen molar-refractivity contribution in [3.05, 3.63) is 23.3 Å². The average Bonchev–Trinajstić information content (AvgIpc) is 2.39. The maximum absolute atomic E-state index is 11.9. The van der Waals surface area contributed by atoms with Gasteiger partial charge < -0.3 is 24.3 Å². The molecule has 112 valence electrons. The number of hydrogen-bond acceptors (Lipinski definition) is 6. The van der Waals surface area contributed by atoms with Crippen LogP contribution in [0.15, 0.2) is 12.1 Å². The molecule has 0 saturated carbocycles. The first-order chi connectivity index (χ1) is 9.92. The lowest BCUT2D eigenvalue weighted by molar-refractivity contribution is -0.117. The Morgan fingerprint density at radius 1 is 1.48 bits per heavy atom. The zero-order chi connectivity index (χ0) is 15.6. The van der Waals surface area contributed by atoms with Crippen molar-refractivity contribution in [3.63, 3.8) is 0 Å². The van der Waals surface area contributed by atoms with E-state index in [9.17, 15) is 19.7 Å². The molecular formula is C14H17BO6. The van der Waals surface area contributed by atoms with Gasteiger partial charge in [-0.25, -0.2) is 4.79 Å². The van der Waals surface area contributed by atoms with Gasteiger partial charge in [0.25, 0.3) is 0 Å². The summed E-state index contributed by atoms with van der Waals surface area (Å²) >= 11 is 0. The SMILES string of the molecule is CCOC(=O)c1cc(O)cc2c1OB(O)[C@@H](CC(C)=O)C2. The Balaban J connectivity index is 2.37. The van der Waals surface area contributed by atoms with E-state index in [0.717, 1.165) is 0 Å². The molecule has 0 spiro atoms. The number of carbonyl (C=O) groups excluding carboxylic acids is 2. The predicted octanol–water partition coefficient (Wildman–Crippen LogP) is 1.33. The van der Waals surface area contributed by atoms with E-state index in [1.165, 1.54) is 19.1 Å². The zero-order valence-corrected chi connectivity index (χ0v) is 12.0. The monoisotopic (exact) mass is 292 g/mol. The van der Waals surface area contributed by atoms with Crippen molar-refractivity contribution in [2.45, 2.75) is 32.5 Å². The highest BCUT2D eigenvalue weighted by Crippen LogP contribution is 2.38. The molecule has 1 heterocycles. The second-order valence-electron chi connectivity index (χ2n) is 5.08. The molecule has 1 aromatic carbocycles. The Morgan fingerprint density at radius 2 is 2.19 bits per heavy atom. The van der Waals surface area contributed by atoms with Crippen molar-refractivity contribution in [3.8, 4) is 11.5 Å². The van der Waals surface area contributed by atoms with Crippen LogP contribution in [-0.4, -0.2) is 35.6 Å². The molecule has 1 atom stereocenters. The summed E-state index contributed by atoms with van der Waals surface area (Å²) in [5, 5.41) is 19.7. The van der Waals surface area contributed by atoms with E-state index < -0.39 is 18.9 Å². The number of hydrogen-bond donors (Lipinski definition) is 2. The molecule has 0 aliphatic carbocycles. The standard InChI is InChI=1S/C14H17BO6/c1-3-20-14(18)12-7-11(17)6-9-5-10(4-8(2)16)15(19)21-13(9)12/h6-7,10,17,19H,3-5H2,1-2H3/t10-/m0/s1. The third-order valence-corrected chi connectivity index (χ3v) is 3.32. The van der Waals surface area contributed by atoms with Crippen LogP contribution in [0.1, 0.15) is 36.2 Å².